The van der Waals surface area contributed by atoms with Crippen molar-refractivity contribution >= 4 is 5.91 Å². The van der Waals surface area contributed by atoms with E-state index in [1.165, 1.54) is 0 Å². The molecule has 2 fully saturated rings. The van der Waals surface area contributed by atoms with Crippen LogP contribution in [0.2, 0.25) is 0 Å². The molecule has 1 aliphatic carbocycles. The van der Waals surface area contributed by atoms with Crippen molar-refractivity contribution in [3.05, 3.63) is 0 Å². The molecule has 1 saturated carbocycles. The number of hydrogen-bond donors (Lipinski definition) is 3. The lowest BCUT2D eigenvalue weighted by Crippen LogP contribution is -2.45. The third-order valence-electron chi connectivity index (χ3n) is 3.14. The van der Waals surface area contributed by atoms with Crippen molar-refractivity contribution in [1.82, 2.24) is 10.2 Å². The number of carbonyl (C=O) groups is 1. The zero-order chi connectivity index (χ0) is 11.0. The van der Waals surface area contributed by atoms with Crippen LogP contribution in [0.25, 0.3) is 0 Å². The molecule has 3 atom stereocenters. The monoisotopic (exact) mass is 214 g/mol. The first-order valence-corrected chi connectivity index (χ1v) is 5.48. The topological polar surface area (TPSA) is 72.8 Å². The van der Waals surface area contributed by atoms with Gasteiger partial charge in [0.05, 0.1) is 18.2 Å². The maximum atomic E-state index is 11.7. The van der Waals surface area contributed by atoms with Crippen LogP contribution in [0.1, 0.15) is 19.8 Å². The average molecular weight is 214 g/mol. The minimum Gasteiger partial charge on any atom is -0.389 e. The van der Waals surface area contributed by atoms with Gasteiger partial charge in [-0.3, -0.25) is 9.69 Å². The molecule has 0 aromatic rings. The van der Waals surface area contributed by atoms with Crippen LogP contribution in [0.4, 0.5) is 0 Å². The molecule has 1 aliphatic heterocycles. The first kappa shape index (κ1) is 10.9. The van der Waals surface area contributed by atoms with Crippen LogP contribution in [0.5, 0.6) is 0 Å². The molecule has 1 unspecified atom stereocenters. The van der Waals surface area contributed by atoms with E-state index in [2.05, 4.69) is 5.32 Å². The molecule has 5 heteroatoms. The average Bonchev–Trinajstić information content (AvgIpc) is 2.93. The highest BCUT2D eigenvalue weighted by atomic mass is 16.3. The van der Waals surface area contributed by atoms with Crippen molar-refractivity contribution in [2.45, 2.75) is 44.1 Å². The fourth-order valence-corrected chi connectivity index (χ4v) is 1.83. The molecule has 5 nitrogen and oxygen atoms in total. The molecule has 2 aliphatic rings. The number of amides is 1. The number of likely N-dealkylation sites (tertiary alicyclic amines) is 1. The molecule has 0 spiro atoms. The van der Waals surface area contributed by atoms with Crippen LogP contribution in [-0.2, 0) is 4.79 Å². The van der Waals surface area contributed by atoms with E-state index in [4.69, 9.17) is 0 Å². The Labute approximate surface area is 89.1 Å². The Balaban J connectivity index is 1.84. The third-order valence-corrected chi connectivity index (χ3v) is 3.14. The van der Waals surface area contributed by atoms with Gasteiger partial charge in [0.2, 0.25) is 5.91 Å². The predicted molar refractivity (Wildman–Crippen MR) is 54.2 cm³/mol. The van der Waals surface area contributed by atoms with Crippen LogP contribution in [0, 0.1) is 0 Å². The number of nitrogens with zero attached hydrogens (tertiary/aromatic N) is 1. The van der Waals surface area contributed by atoms with Crippen molar-refractivity contribution in [2.75, 3.05) is 13.1 Å². The molecule has 15 heavy (non-hydrogen) atoms. The van der Waals surface area contributed by atoms with E-state index >= 15 is 0 Å². The Hall–Kier alpha value is -0.650. The van der Waals surface area contributed by atoms with Crippen molar-refractivity contribution in [2.24, 2.45) is 0 Å². The van der Waals surface area contributed by atoms with E-state index in [1.54, 1.807) is 0 Å². The van der Waals surface area contributed by atoms with E-state index in [9.17, 15) is 15.0 Å². The van der Waals surface area contributed by atoms with Crippen LogP contribution in [0.15, 0.2) is 0 Å². The molecular formula is C10H18N2O3. The Kier molecular flexibility index (Phi) is 2.95. The minimum atomic E-state index is -0.721. The van der Waals surface area contributed by atoms with Gasteiger partial charge in [0.15, 0.2) is 0 Å². The summed E-state index contributed by atoms with van der Waals surface area (Å²) in [6.07, 6.45) is 0.704. The Morgan fingerprint density at radius 2 is 1.87 bits per heavy atom. The summed E-state index contributed by atoms with van der Waals surface area (Å²) in [5, 5.41) is 21.7. The van der Waals surface area contributed by atoms with Crippen LogP contribution in [0.3, 0.4) is 0 Å². The van der Waals surface area contributed by atoms with E-state index in [0.29, 0.717) is 19.1 Å². The second kappa shape index (κ2) is 4.08. The second-order valence-electron chi connectivity index (χ2n) is 4.55. The molecule has 1 saturated heterocycles. The molecule has 3 N–H and O–H groups in total. The molecule has 0 aromatic carbocycles. The smallest absolute Gasteiger partial charge is 0.237 e. The quantitative estimate of drug-likeness (QED) is 0.545. The molecular weight excluding hydrogens is 196 g/mol. The van der Waals surface area contributed by atoms with Crippen LogP contribution in [-0.4, -0.2) is 58.4 Å². The van der Waals surface area contributed by atoms with Gasteiger partial charge in [0, 0.05) is 19.1 Å². The number of aliphatic hydroxyl groups is 2. The fraction of sp³-hybridized carbons (Fsp3) is 0.900. The predicted octanol–water partition coefficient (Wildman–Crippen LogP) is -1.31. The lowest BCUT2D eigenvalue weighted by Gasteiger charge is -2.22. The molecule has 2 rings (SSSR count). The SMILES string of the molecule is CC(C(=O)NC1CC1)N1C[C@@H](O)[C@@H](O)C1. The Morgan fingerprint density at radius 1 is 1.33 bits per heavy atom. The van der Waals surface area contributed by atoms with Gasteiger partial charge in [0.25, 0.3) is 0 Å². The normalized spacial score (nSPS) is 34.1. The second-order valence-corrected chi connectivity index (χ2v) is 4.55. The van der Waals surface area contributed by atoms with Gasteiger partial charge in [-0.25, -0.2) is 0 Å². The maximum Gasteiger partial charge on any atom is 0.237 e. The summed E-state index contributed by atoms with van der Waals surface area (Å²) in [6.45, 7) is 2.56. The summed E-state index contributed by atoms with van der Waals surface area (Å²) in [7, 11) is 0. The highest BCUT2D eigenvalue weighted by molar-refractivity contribution is 5.81. The number of carbonyl (C=O) groups excluding carboxylic acids is 1. The molecule has 0 aromatic heterocycles. The van der Waals surface area contributed by atoms with Gasteiger partial charge < -0.3 is 15.5 Å². The van der Waals surface area contributed by atoms with E-state index < -0.39 is 12.2 Å². The molecule has 0 bridgehead atoms. The van der Waals surface area contributed by atoms with Gasteiger partial charge in [0.1, 0.15) is 0 Å². The van der Waals surface area contributed by atoms with Gasteiger partial charge in [-0.15, -0.1) is 0 Å². The van der Waals surface area contributed by atoms with Gasteiger partial charge >= 0.3 is 0 Å². The van der Waals surface area contributed by atoms with Crippen molar-refractivity contribution in [3.63, 3.8) is 0 Å². The number of rotatable bonds is 3. The largest absolute Gasteiger partial charge is 0.389 e. The summed E-state index contributed by atoms with van der Waals surface area (Å²) in [5.41, 5.74) is 0. The van der Waals surface area contributed by atoms with E-state index in [0.717, 1.165) is 12.8 Å². The van der Waals surface area contributed by atoms with Crippen molar-refractivity contribution in [1.29, 1.82) is 0 Å². The molecule has 86 valence electrons. The van der Waals surface area contributed by atoms with Crippen molar-refractivity contribution < 1.29 is 15.0 Å². The standard InChI is InChI=1S/C10H18N2O3/c1-6(10(15)11-7-2-3-7)12-4-8(13)9(14)5-12/h6-9,13-14H,2-5H2,1H3,(H,11,15)/t6?,8-,9+. The summed E-state index contributed by atoms with van der Waals surface area (Å²) in [4.78, 5) is 13.5. The van der Waals surface area contributed by atoms with Crippen LogP contribution >= 0.6 is 0 Å². The lowest BCUT2D eigenvalue weighted by atomic mass is 10.3. The molecule has 1 heterocycles. The highest BCUT2D eigenvalue weighted by Crippen LogP contribution is 2.20. The van der Waals surface area contributed by atoms with E-state index in [1.807, 2.05) is 11.8 Å². The first-order valence-electron chi connectivity index (χ1n) is 5.48. The Bertz CT molecular complexity index is 245. The first-order chi connectivity index (χ1) is 7.08. The molecule has 0 radical (unpaired) electrons. The summed E-state index contributed by atoms with van der Waals surface area (Å²) in [5.74, 6) is -0.00111. The Morgan fingerprint density at radius 3 is 2.33 bits per heavy atom. The summed E-state index contributed by atoms with van der Waals surface area (Å²) in [6, 6.07) is 0.0924. The number of β-amino-alcohol motifs (C(OH)–C–C–N with tert-alkyl or cyclic N) is 2. The summed E-state index contributed by atoms with van der Waals surface area (Å²) < 4.78 is 0. The number of nitrogens with one attached hydrogen (secondary N) is 1. The summed E-state index contributed by atoms with van der Waals surface area (Å²) >= 11 is 0. The molecule has 1 amide bonds. The number of aliphatic hydroxyl groups excluding tert-OH is 2. The van der Waals surface area contributed by atoms with Gasteiger partial charge in [-0.05, 0) is 19.8 Å². The number of hydrogen-bond acceptors (Lipinski definition) is 4. The zero-order valence-corrected chi connectivity index (χ0v) is 8.89. The van der Waals surface area contributed by atoms with Crippen molar-refractivity contribution in [3.8, 4) is 0 Å². The fourth-order valence-electron chi connectivity index (χ4n) is 1.83. The maximum absolute atomic E-state index is 11.7. The minimum absolute atomic E-state index is 0.00111. The van der Waals surface area contributed by atoms with Gasteiger partial charge in [-0.1, -0.05) is 0 Å². The van der Waals surface area contributed by atoms with Crippen LogP contribution < -0.4 is 5.32 Å². The highest BCUT2D eigenvalue weighted by Gasteiger charge is 2.36. The van der Waals surface area contributed by atoms with E-state index in [-0.39, 0.29) is 11.9 Å². The lowest BCUT2D eigenvalue weighted by molar-refractivity contribution is -0.125. The van der Waals surface area contributed by atoms with Gasteiger partial charge in [-0.2, -0.15) is 0 Å². The zero-order valence-electron chi connectivity index (χ0n) is 8.89. The third kappa shape index (κ3) is 2.48.